The van der Waals surface area contributed by atoms with Gasteiger partial charge in [-0.15, -0.1) is 0 Å². The maximum atomic E-state index is 5.31. The molecule has 2 fully saturated rings. The van der Waals surface area contributed by atoms with Gasteiger partial charge in [-0.3, -0.25) is 5.43 Å². The van der Waals surface area contributed by atoms with Crippen molar-refractivity contribution in [2.24, 2.45) is 34.0 Å². The Hall–Kier alpha value is -0.640. The lowest BCUT2D eigenvalue weighted by atomic mass is 9.68. The zero-order chi connectivity index (χ0) is 11.8. The van der Waals surface area contributed by atoms with Crippen molar-refractivity contribution in [1.82, 2.24) is 5.43 Å². The molecule has 2 rings (SSSR count). The van der Waals surface area contributed by atoms with Crippen LogP contribution in [0, 0.1) is 23.2 Å². The molecule has 0 aliphatic heterocycles. The van der Waals surface area contributed by atoms with E-state index in [1.54, 1.807) is 0 Å². The third-order valence-electron chi connectivity index (χ3n) is 4.68. The SMILES string of the molecule is CC1(C)[C@H]2CC[C@@H](C2)[C@@H]1C/C=N\NC(N)=S. The van der Waals surface area contributed by atoms with Gasteiger partial charge in [0.2, 0.25) is 0 Å². The van der Waals surface area contributed by atoms with Crippen LogP contribution in [0.1, 0.15) is 39.5 Å². The fourth-order valence-corrected chi connectivity index (χ4v) is 3.79. The molecule has 2 aliphatic rings. The van der Waals surface area contributed by atoms with E-state index in [1.807, 2.05) is 6.21 Å². The number of thiocarbonyl (C=S) groups is 1. The molecule has 3 N–H and O–H groups in total. The summed E-state index contributed by atoms with van der Waals surface area (Å²) in [4.78, 5) is 0. The van der Waals surface area contributed by atoms with E-state index in [-0.39, 0.29) is 5.11 Å². The highest BCUT2D eigenvalue weighted by molar-refractivity contribution is 7.80. The maximum absolute atomic E-state index is 5.31. The van der Waals surface area contributed by atoms with Crippen molar-refractivity contribution in [3.8, 4) is 0 Å². The molecule has 90 valence electrons. The molecule has 0 saturated heterocycles. The van der Waals surface area contributed by atoms with E-state index in [2.05, 4.69) is 24.4 Å². The molecule has 0 spiro atoms. The summed E-state index contributed by atoms with van der Waals surface area (Å²) in [5.74, 6) is 2.62. The van der Waals surface area contributed by atoms with Crippen molar-refractivity contribution < 1.29 is 0 Å². The Kier molecular flexibility index (Phi) is 3.19. The highest BCUT2D eigenvalue weighted by Crippen LogP contribution is 2.60. The molecule has 3 atom stereocenters. The van der Waals surface area contributed by atoms with Crippen molar-refractivity contribution in [3.63, 3.8) is 0 Å². The van der Waals surface area contributed by atoms with Gasteiger partial charge < -0.3 is 5.73 Å². The average molecular weight is 239 g/mol. The van der Waals surface area contributed by atoms with Gasteiger partial charge in [0.1, 0.15) is 0 Å². The van der Waals surface area contributed by atoms with Crippen LogP contribution in [-0.4, -0.2) is 11.3 Å². The number of rotatable bonds is 3. The van der Waals surface area contributed by atoms with Gasteiger partial charge in [0.25, 0.3) is 0 Å². The van der Waals surface area contributed by atoms with E-state index in [0.29, 0.717) is 5.41 Å². The number of hydrogen-bond donors (Lipinski definition) is 2. The molecule has 0 radical (unpaired) electrons. The lowest BCUT2D eigenvalue weighted by Crippen LogP contribution is -2.31. The van der Waals surface area contributed by atoms with Crippen molar-refractivity contribution in [2.45, 2.75) is 39.5 Å². The highest BCUT2D eigenvalue weighted by atomic mass is 32.1. The smallest absolute Gasteiger partial charge is 0.184 e. The van der Waals surface area contributed by atoms with Gasteiger partial charge in [-0.25, -0.2) is 0 Å². The molecule has 2 saturated carbocycles. The minimum absolute atomic E-state index is 0.239. The van der Waals surface area contributed by atoms with Gasteiger partial charge in [0.15, 0.2) is 5.11 Å². The maximum Gasteiger partial charge on any atom is 0.184 e. The lowest BCUT2D eigenvalue weighted by molar-refractivity contribution is 0.129. The number of nitrogens with zero attached hydrogens (tertiary/aromatic N) is 1. The quantitative estimate of drug-likeness (QED) is 0.451. The molecule has 3 nitrogen and oxygen atoms in total. The second kappa shape index (κ2) is 4.32. The summed E-state index contributed by atoms with van der Waals surface area (Å²) >= 11 is 4.69. The number of hydrazone groups is 1. The van der Waals surface area contributed by atoms with Crippen LogP contribution in [0.15, 0.2) is 5.10 Å². The molecule has 0 amide bonds. The zero-order valence-electron chi connectivity index (χ0n) is 10.1. The van der Waals surface area contributed by atoms with Crippen LogP contribution in [0.5, 0.6) is 0 Å². The molecule has 2 bridgehead atoms. The molecule has 0 aromatic carbocycles. The summed E-state index contributed by atoms with van der Waals surface area (Å²) in [5, 5.41) is 4.28. The summed E-state index contributed by atoms with van der Waals surface area (Å²) in [6.45, 7) is 4.83. The Labute approximate surface area is 103 Å². The minimum atomic E-state index is 0.239. The Morgan fingerprint density at radius 1 is 1.56 bits per heavy atom. The molecule has 0 unspecified atom stereocenters. The second-order valence-electron chi connectivity index (χ2n) is 5.72. The van der Waals surface area contributed by atoms with Crippen molar-refractivity contribution in [2.75, 3.05) is 0 Å². The Bertz CT molecular complexity index is 311. The fourth-order valence-electron chi connectivity index (χ4n) is 3.74. The Balaban J connectivity index is 1.90. The van der Waals surface area contributed by atoms with Gasteiger partial charge in [0.05, 0.1) is 0 Å². The molecule has 0 aromatic heterocycles. The predicted octanol–water partition coefficient (Wildman–Crippen LogP) is 2.27. The monoisotopic (exact) mass is 239 g/mol. The summed E-state index contributed by atoms with van der Waals surface area (Å²) in [6.07, 6.45) is 7.25. The predicted molar refractivity (Wildman–Crippen MR) is 71.1 cm³/mol. The first-order valence-electron chi connectivity index (χ1n) is 6.08. The number of fused-ring (bicyclic) bond motifs is 2. The lowest BCUT2D eigenvalue weighted by Gasteiger charge is -2.37. The van der Waals surface area contributed by atoms with Crippen LogP contribution < -0.4 is 11.2 Å². The number of nitrogens with two attached hydrogens (primary N) is 1. The number of hydrogen-bond acceptors (Lipinski definition) is 2. The van der Waals surface area contributed by atoms with Crippen molar-refractivity contribution in [1.29, 1.82) is 0 Å². The third-order valence-corrected chi connectivity index (χ3v) is 4.77. The van der Waals surface area contributed by atoms with E-state index < -0.39 is 0 Å². The van der Waals surface area contributed by atoms with Crippen molar-refractivity contribution >= 4 is 23.5 Å². The normalized spacial score (nSPS) is 35.8. The number of nitrogens with one attached hydrogen (secondary N) is 1. The highest BCUT2D eigenvalue weighted by Gasteiger charge is 2.51. The van der Waals surface area contributed by atoms with Crippen molar-refractivity contribution in [3.05, 3.63) is 0 Å². The molecule has 0 heterocycles. The molecule has 16 heavy (non-hydrogen) atoms. The van der Waals surface area contributed by atoms with E-state index in [9.17, 15) is 0 Å². The van der Waals surface area contributed by atoms with E-state index in [4.69, 9.17) is 18.0 Å². The van der Waals surface area contributed by atoms with Gasteiger partial charge >= 0.3 is 0 Å². The molecular weight excluding hydrogens is 218 g/mol. The summed E-state index contributed by atoms with van der Waals surface area (Å²) in [7, 11) is 0. The summed E-state index contributed by atoms with van der Waals surface area (Å²) < 4.78 is 0. The van der Waals surface area contributed by atoms with Crippen LogP contribution in [0.2, 0.25) is 0 Å². The molecular formula is C12H21N3S. The first-order chi connectivity index (χ1) is 7.51. The average Bonchev–Trinajstić information content (AvgIpc) is 2.72. The second-order valence-corrected chi connectivity index (χ2v) is 6.16. The first-order valence-corrected chi connectivity index (χ1v) is 6.49. The minimum Gasteiger partial charge on any atom is -0.375 e. The van der Waals surface area contributed by atoms with Gasteiger partial charge in [-0.2, -0.15) is 5.10 Å². The topological polar surface area (TPSA) is 50.4 Å². The fraction of sp³-hybridized carbons (Fsp3) is 0.833. The molecule has 4 heteroatoms. The molecule has 0 aromatic rings. The summed E-state index contributed by atoms with van der Waals surface area (Å²) in [5.41, 5.74) is 8.41. The van der Waals surface area contributed by atoms with Crippen LogP contribution in [-0.2, 0) is 0 Å². The molecule has 2 aliphatic carbocycles. The van der Waals surface area contributed by atoms with Crippen LogP contribution >= 0.6 is 12.2 Å². The van der Waals surface area contributed by atoms with Crippen LogP contribution in [0.25, 0.3) is 0 Å². The van der Waals surface area contributed by atoms with Gasteiger partial charge in [-0.1, -0.05) is 13.8 Å². The van der Waals surface area contributed by atoms with Gasteiger partial charge in [-0.05, 0) is 61.1 Å². The summed E-state index contributed by atoms with van der Waals surface area (Å²) in [6, 6.07) is 0. The standard InChI is InChI=1S/C12H21N3S/c1-12(2)9-4-3-8(7-9)10(12)5-6-14-15-11(13)16/h6,8-10H,3-5,7H2,1-2H3,(H3,13,15,16)/b14-6-/t8-,9-,10-/m0/s1. The van der Waals surface area contributed by atoms with E-state index in [1.165, 1.54) is 19.3 Å². The third kappa shape index (κ3) is 2.08. The first kappa shape index (κ1) is 11.8. The Morgan fingerprint density at radius 2 is 2.31 bits per heavy atom. The van der Waals surface area contributed by atoms with E-state index in [0.717, 1.165) is 24.2 Å². The largest absolute Gasteiger partial charge is 0.375 e. The van der Waals surface area contributed by atoms with Gasteiger partial charge in [0, 0.05) is 6.21 Å². The van der Waals surface area contributed by atoms with Crippen LogP contribution in [0.3, 0.4) is 0 Å². The Morgan fingerprint density at radius 3 is 2.88 bits per heavy atom. The van der Waals surface area contributed by atoms with E-state index >= 15 is 0 Å². The zero-order valence-corrected chi connectivity index (χ0v) is 10.9. The van der Waals surface area contributed by atoms with Crippen LogP contribution in [0.4, 0.5) is 0 Å².